The minimum absolute atomic E-state index is 0.0483. The standard InChI is InChI=1S/C30H31N3O6/c1-31-14-16-32(17-15-31)21-7-9-22(10-8-21)33-27(19-4-11-23(34)12-5-19)26(29(36)30(33)37)28(35)20-6-13-24(38-2)25(18-20)39-3/h4-13,18,27,34-35H,14-17H2,1-3H3/b28-26-. The van der Waals surface area contributed by atoms with Crippen LogP contribution in [0.1, 0.15) is 17.2 Å². The van der Waals surface area contributed by atoms with Crippen LogP contribution in [0, 0.1) is 0 Å². The number of rotatable bonds is 6. The molecule has 5 rings (SSSR count). The van der Waals surface area contributed by atoms with E-state index in [4.69, 9.17) is 9.47 Å². The van der Waals surface area contributed by atoms with Crippen molar-refractivity contribution in [3.8, 4) is 17.2 Å². The molecule has 202 valence electrons. The predicted octanol–water partition coefficient (Wildman–Crippen LogP) is 3.79. The van der Waals surface area contributed by atoms with Gasteiger partial charge in [0, 0.05) is 43.1 Å². The van der Waals surface area contributed by atoms with E-state index in [1.54, 1.807) is 30.3 Å². The van der Waals surface area contributed by atoms with Gasteiger partial charge in [0.2, 0.25) is 0 Å². The van der Waals surface area contributed by atoms with Crippen molar-refractivity contribution in [1.82, 2.24) is 4.90 Å². The fourth-order valence-corrected chi connectivity index (χ4v) is 5.10. The fourth-order valence-electron chi connectivity index (χ4n) is 5.10. The van der Waals surface area contributed by atoms with Crippen molar-refractivity contribution in [2.75, 3.05) is 57.2 Å². The quantitative estimate of drug-likeness (QED) is 0.283. The summed E-state index contributed by atoms with van der Waals surface area (Å²) in [6, 6.07) is 17.7. The molecule has 0 aliphatic carbocycles. The van der Waals surface area contributed by atoms with Crippen LogP contribution < -0.4 is 19.3 Å². The number of piperazine rings is 1. The van der Waals surface area contributed by atoms with E-state index in [2.05, 4.69) is 16.8 Å². The average Bonchev–Trinajstić information content (AvgIpc) is 3.23. The number of ether oxygens (including phenoxy) is 2. The van der Waals surface area contributed by atoms with Gasteiger partial charge in [-0.3, -0.25) is 14.5 Å². The number of phenolic OH excluding ortho intramolecular Hbond substituents is 1. The zero-order valence-corrected chi connectivity index (χ0v) is 22.1. The van der Waals surface area contributed by atoms with Crippen molar-refractivity contribution in [1.29, 1.82) is 0 Å². The maximum absolute atomic E-state index is 13.5. The molecule has 39 heavy (non-hydrogen) atoms. The molecule has 0 saturated carbocycles. The Morgan fingerprint density at radius 2 is 1.44 bits per heavy atom. The Morgan fingerprint density at radius 1 is 0.821 bits per heavy atom. The van der Waals surface area contributed by atoms with Crippen LogP contribution in [0.2, 0.25) is 0 Å². The smallest absolute Gasteiger partial charge is 0.300 e. The molecule has 9 nitrogen and oxygen atoms in total. The number of phenols is 1. The van der Waals surface area contributed by atoms with Crippen LogP contribution in [-0.4, -0.2) is 74.2 Å². The maximum Gasteiger partial charge on any atom is 0.300 e. The third kappa shape index (κ3) is 4.88. The van der Waals surface area contributed by atoms with Crippen molar-refractivity contribution in [2.24, 2.45) is 0 Å². The van der Waals surface area contributed by atoms with Gasteiger partial charge in [0.15, 0.2) is 11.5 Å². The first-order chi connectivity index (χ1) is 18.8. The average molecular weight is 530 g/mol. The van der Waals surface area contributed by atoms with Crippen LogP contribution in [0.5, 0.6) is 17.2 Å². The van der Waals surface area contributed by atoms with Gasteiger partial charge in [-0.1, -0.05) is 12.1 Å². The molecule has 0 spiro atoms. The molecular formula is C30H31N3O6. The normalized spacial score (nSPS) is 19.4. The van der Waals surface area contributed by atoms with E-state index in [0.717, 1.165) is 31.9 Å². The summed E-state index contributed by atoms with van der Waals surface area (Å²) in [4.78, 5) is 32.9. The number of hydrogen-bond donors (Lipinski definition) is 2. The lowest BCUT2D eigenvalue weighted by atomic mass is 9.95. The lowest BCUT2D eigenvalue weighted by molar-refractivity contribution is -0.132. The number of methoxy groups -OCH3 is 2. The summed E-state index contributed by atoms with van der Waals surface area (Å²) in [6.07, 6.45) is 0. The van der Waals surface area contributed by atoms with E-state index in [-0.39, 0.29) is 17.1 Å². The van der Waals surface area contributed by atoms with Gasteiger partial charge in [-0.15, -0.1) is 0 Å². The van der Waals surface area contributed by atoms with Gasteiger partial charge in [-0.25, -0.2) is 0 Å². The molecule has 1 unspecified atom stereocenters. The van der Waals surface area contributed by atoms with Crippen molar-refractivity contribution < 1.29 is 29.3 Å². The summed E-state index contributed by atoms with van der Waals surface area (Å²) in [5, 5.41) is 21.3. The molecule has 2 N–H and O–H groups in total. The van der Waals surface area contributed by atoms with Crippen LogP contribution >= 0.6 is 0 Å². The SMILES string of the molecule is COc1ccc(/C(O)=C2/C(=O)C(=O)N(c3ccc(N4CCN(C)CC4)cc3)C2c2ccc(O)cc2)cc1OC. The molecule has 3 aromatic rings. The number of aliphatic hydroxyl groups excluding tert-OH is 1. The summed E-state index contributed by atoms with van der Waals surface area (Å²) >= 11 is 0. The summed E-state index contributed by atoms with van der Waals surface area (Å²) in [5.41, 5.74) is 2.38. The molecule has 0 radical (unpaired) electrons. The highest BCUT2D eigenvalue weighted by molar-refractivity contribution is 6.51. The Morgan fingerprint density at radius 3 is 2.05 bits per heavy atom. The third-order valence-corrected chi connectivity index (χ3v) is 7.31. The molecule has 1 atom stereocenters. The predicted molar refractivity (Wildman–Crippen MR) is 149 cm³/mol. The van der Waals surface area contributed by atoms with Gasteiger partial charge >= 0.3 is 0 Å². The number of carbonyl (C=O) groups excluding carboxylic acids is 2. The second-order valence-corrected chi connectivity index (χ2v) is 9.64. The Balaban J connectivity index is 1.59. The van der Waals surface area contributed by atoms with E-state index >= 15 is 0 Å². The highest BCUT2D eigenvalue weighted by Crippen LogP contribution is 2.43. The van der Waals surface area contributed by atoms with E-state index in [1.807, 2.05) is 24.3 Å². The van der Waals surface area contributed by atoms with Gasteiger partial charge in [0.25, 0.3) is 11.7 Å². The van der Waals surface area contributed by atoms with Crippen LogP contribution in [-0.2, 0) is 9.59 Å². The number of Topliss-reactive ketones (excluding diaryl/α,β-unsaturated/α-hetero) is 1. The number of benzene rings is 3. The van der Waals surface area contributed by atoms with Crippen molar-refractivity contribution in [2.45, 2.75) is 6.04 Å². The number of aromatic hydroxyl groups is 1. The van der Waals surface area contributed by atoms with E-state index in [1.165, 1.54) is 31.3 Å². The molecule has 2 fully saturated rings. The number of ketones is 1. The summed E-state index contributed by atoms with van der Waals surface area (Å²) < 4.78 is 10.7. The minimum atomic E-state index is -0.909. The van der Waals surface area contributed by atoms with Crippen LogP contribution in [0.15, 0.2) is 72.3 Å². The molecule has 0 aromatic heterocycles. The molecule has 0 bridgehead atoms. The number of aliphatic hydroxyl groups is 1. The number of likely N-dealkylation sites (N-methyl/N-ethyl adjacent to an activating group) is 1. The highest BCUT2D eigenvalue weighted by Gasteiger charge is 2.47. The largest absolute Gasteiger partial charge is 0.508 e. The number of carbonyl (C=O) groups is 2. The number of hydrogen-bond acceptors (Lipinski definition) is 8. The zero-order valence-electron chi connectivity index (χ0n) is 22.1. The van der Waals surface area contributed by atoms with Gasteiger partial charge < -0.3 is 29.5 Å². The maximum atomic E-state index is 13.5. The Hall–Kier alpha value is -4.50. The monoisotopic (exact) mass is 529 g/mol. The van der Waals surface area contributed by atoms with Crippen molar-refractivity contribution >= 4 is 28.8 Å². The zero-order chi connectivity index (χ0) is 27.7. The second-order valence-electron chi connectivity index (χ2n) is 9.64. The van der Waals surface area contributed by atoms with Crippen molar-refractivity contribution in [3.63, 3.8) is 0 Å². The number of nitrogens with zero attached hydrogens (tertiary/aromatic N) is 3. The van der Waals surface area contributed by atoms with Gasteiger partial charge in [-0.2, -0.15) is 0 Å². The summed E-state index contributed by atoms with van der Waals surface area (Å²) in [7, 11) is 5.08. The van der Waals surface area contributed by atoms with E-state index in [9.17, 15) is 19.8 Å². The molecule has 2 heterocycles. The molecule has 2 saturated heterocycles. The first kappa shape index (κ1) is 26.1. The van der Waals surface area contributed by atoms with Gasteiger partial charge in [-0.05, 0) is 67.2 Å². The third-order valence-electron chi connectivity index (χ3n) is 7.31. The molecule has 2 aliphatic rings. The van der Waals surface area contributed by atoms with Crippen LogP contribution in [0.3, 0.4) is 0 Å². The lowest BCUT2D eigenvalue weighted by Crippen LogP contribution is -2.44. The Labute approximate surface area is 227 Å². The number of amides is 1. The summed E-state index contributed by atoms with van der Waals surface area (Å²) in [6.45, 7) is 3.74. The van der Waals surface area contributed by atoms with Gasteiger partial charge in [0.1, 0.15) is 11.5 Å². The molecule has 3 aromatic carbocycles. The molecular weight excluding hydrogens is 498 g/mol. The van der Waals surface area contributed by atoms with Crippen LogP contribution in [0.25, 0.3) is 5.76 Å². The Bertz CT molecular complexity index is 1410. The van der Waals surface area contributed by atoms with Crippen molar-refractivity contribution in [3.05, 3.63) is 83.4 Å². The first-order valence-electron chi connectivity index (χ1n) is 12.7. The molecule has 1 amide bonds. The van der Waals surface area contributed by atoms with E-state index in [0.29, 0.717) is 28.3 Å². The highest BCUT2D eigenvalue weighted by atomic mass is 16.5. The molecule has 9 heteroatoms. The number of anilines is 2. The second kappa shape index (κ2) is 10.7. The van der Waals surface area contributed by atoms with Crippen LogP contribution in [0.4, 0.5) is 11.4 Å². The molecule has 2 aliphatic heterocycles. The Kier molecular flexibility index (Phi) is 7.17. The lowest BCUT2D eigenvalue weighted by Gasteiger charge is -2.34. The van der Waals surface area contributed by atoms with Gasteiger partial charge in [0.05, 0.1) is 25.8 Å². The minimum Gasteiger partial charge on any atom is -0.508 e. The fraction of sp³-hybridized carbons (Fsp3) is 0.267. The summed E-state index contributed by atoms with van der Waals surface area (Å²) in [5.74, 6) is -0.997. The van der Waals surface area contributed by atoms with E-state index < -0.39 is 17.7 Å². The first-order valence-corrected chi connectivity index (χ1v) is 12.7. The topological polar surface area (TPSA) is 103 Å².